The standard InChI is InChI=1S/C16H31NO3/c1-12(2)17-16(14(18)19)8-6-7-13(11-16)20-10-9-15(3,4)5/h12-13,17H,6-11H2,1-5H3,(H,18,19). The minimum Gasteiger partial charge on any atom is -0.480 e. The first kappa shape index (κ1) is 17.4. The topological polar surface area (TPSA) is 58.6 Å². The molecule has 2 N–H and O–H groups in total. The van der Waals surface area contributed by atoms with E-state index in [1.54, 1.807) is 0 Å². The van der Waals surface area contributed by atoms with Gasteiger partial charge < -0.3 is 9.84 Å². The van der Waals surface area contributed by atoms with Crippen LogP contribution in [0.3, 0.4) is 0 Å². The average Bonchev–Trinajstić information content (AvgIpc) is 2.26. The van der Waals surface area contributed by atoms with Crippen molar-refractivity contribution in [1.82, 2.24) is 5.32 Å². The van der Waals surface area contributed by atoms with Crippen molar-refractivity contribution in [3.63, 3.8) is 0 Å². The molecule has 0 aromatic heterocycles. The lowest BCUT2D eigenvalue weighted by Gasteiger charge is -2.39. The second-order valence-electron chi connectivity index (χ2n) is 7.59. The molecule has 2 atom stereocenters. The van der Waals surface area contributed by atoms with Crippen molar-refractivity contribution < 1.29 is 14.6 Å². The molecule has 0 heterocycles. The summed E-state index contributed by atoms with van der Waals surface area (Å²) in [5.74, 6) is -0.740. The quantitative estimate of drug-likeness (QED) is 0.787. The summed E-state index contributed by atoms with van der Waals surface area (Å²) in [6.45, 7) is 11.3. The van der Waals surface area contributed by atoms with Crippen LogP contribution in [-0.4, -0.2) is 35.4 Å². The van der Waals surface area contributed by atoms with Crippen LogP contribution in [0.2, 0.25) is 0 Å². The van der Waals surface area contributed by atoms with Gasteiger partial charge in [0.25, 0.3) is 0 Å². The fourth-order valence-corrected chi connectivity index (χ4v) is 2.84. The summed E-state index contributed by atoms with van der Waals surface area (Å²) < 4.78 is 5.94. The van der Waals surface area contributed by atoms with Crippen molar-refractivity contribution in [1.29, 1.82) is 0 Å². The Hall–Kier alpha value is -0.610. The van der Waals surface area contributed by atoms with Crippen molar-refractivity contribution in [2.24, 2.45) is 5.41 Å². The highest BCUT2D eigenvalue weighted by atomic mass is 16.5. The lowest BCUT2D eigenvalue weighted by Crippen LogP contribution is -2.58. The molecule has 0 amide bonds. The molecule has 118 valence electrons. The molecular formula is C16H31NO3. The molecule has 4 nitrogen and oxygen atoms in total. The number of rotatable bonds is 6. The Morgan fingerprint density at radius 2 is 2.10 bits per heavy atom. The van der Waals surface area contributed by atoms with Crippen LogP contribution < -0.4 is 5.32 Å². The van der Waals surface area contributed by atoms with Gasteiger partial charge in [-0.2, -0.15) is 0 Å². The van der Waals surface area contributed by atoms with Crippen molar-refractivity contribution in [2.45, 2.75) is 84.4 Å². The van der Waals surface area contributed by atoms with Crippen LogP contribution in [-0.2, 0) is 9.53 Å². The molecule has 0 radical (unpaired) electrons. The lowest BCUT2D eigenvalue weighted by molar-refractivity contribution is -0.149. The first-order valence-corrected chi connectivity index (χ1v) is 7.77. The zero-order valence-corrected chi connectivity index (χ0v) is 13.7. The molecule has 0 aromatic carbocycles. The Kier molecular flexibility index (Phi) is 6.02. The number of carbonyl (C=O) groups is 1. The predicted octanol–water partition coefficient (Wildman–Crippen LogP) is 3.20. The van der Waals surface area contributed by atoms with Crippen molar-refractivity contribution in [3.05, 3.63) is 0 Å². The van der Waals surface area contributed by atoms with Crippen molar-refractivity contribution >= 4 is 5.97 Å². The van der Waals surface area contributed by atoms with E-state index < -0.39 is 11.5 Å². The Labute approximate surface area is 123 Å². The predicted molar refractivity (Wildman–Crippen MR) is 80.9 cm³/mol. The fourth-order valence-electron chi connectivity index (χ4n) is 2.84. The summed E-state index contributed by atoms with van der Waals surface area (Å²) in [5.41, 5.74) is -0.548. The number of carboxylic acid groups (broad SMARTS) is 1. The van der Waals surface area contributed by atoms with E-state index in [0.717, 1.165) is 19.3 Å². The molecule has 0 bridgehead atoms. The summed E-state index contributed by atoms with van der Waals surface area (Å²) >= 11 is 0. The van der Waals surface area contributed by atoms with Gasteiger partial charge in [-0.3, -0.25) is 10.1 Å². The maximum absolute atomic E-state index is 11.7. The molecule has 2 unspecified atom stereocenters. The second kappa shape index (κ2) is 6.90. The number of nitrogens with one attached hydrogen (secondary N) is 1. The molecule has 0 aliphatic heterocycles. The van der Waals surface area contributed by atoms with Crippen LogP contribution in [0.1, 0.15) is 66.7 Å². The monoisotopic (exact) mass is 285 g/mol. The molecule has 1 saturated carbocycles. The van der Waals surface area contributed by atoms with Gasteiger partial charge in [-0.1, -0.05) is 20.8 Å². The van der Waals surface area contributed by atoms with Gasteiger partial charge in [0.15, 0.2) is 0 Å². The van der Waals surface area contributed by atoms with Gasteiger partial charge in [-0.25, -0.2) is 0 Å². The minimum absolute atomic E-state index is 0.0634. The van der Waals surface area contributed by atoms with Crippen LogP contribution in [0.15, 0.2) is 0 Å². The fraction of sp³-hybridized carbons (Fsp3) is 0.938. The molecule has 0 saturated heterocycles. The largest absolute Gasteiger partial charge is 0.480 e. The third-order valence-electron chi connectivity index (χ3n) is 3.89. The van der Waals surface area contributed by atoms with Crippen molar-refractivity contribution in [2.75, 3.05) is 6.61 Å². The summed E-state index contributed by atoms with van der Waals surface area (Å²) in [6, 6.07) is 0.166. The Balaban J connectivity index is 2.57. The molecule has 1 rings (SSSR count). The van der Waals surface area contributed by atoms with Gasteiger partial charge in [0.05, 0.1) is 6.10 Å². The van der Waals surface area contributed by atoms with Gasteiger partial charge >= 0.3 is 5.97 Å². The maximum Gasteiger partial charge on any atom is 0.324 e. The Morgan fingerprint density at radius 1 is 1.45 bits per heavy atom. The number of hydrogen-bond acceptors (Lipinski definition) is 3. The molecule has 4 heteroatoms. The van der Waals surface area contributed by atoms with Gasteiger partial charge in [0.2, 0.25) is 0 Å². The molecule has 0 spiro atoms. The minimum atomic E-state index is -0.807. The number of ether oxygens (including phenoxy) is 1. The van der Waals surface area contributed by atoms with Crippen LogP contribution in [0.4, 0.5) is 0 Å². The first-order chi connectivity index (χ1) is 9.15. The summed E-state index contributed by atoms with van der Waals surface area (Å²) in [7, 11) is 0. The van der Waals surface area contributed by atoms with Crippen molar-refractivity contribution in [3.8, 4) is 0 Å². The van der Waals surface area contributed by atoms with E-state index in [2.05, 4.69) is 26.1 Å². The van der Waals surface area contributed by atoms with Gasteiger partial charge in [0, 0.05) is 19.1 Å². The van der Waals surface area contributed by atoms with E-state index in [1.807, 2.05) is 13.8 Å². The summed E-state index contributed by atoms with van der Waals surface area (Å²) in [5, 5.41) is 12.8. The summed E-state index contributed by atoms with van der Waals surface area (Å²) in [6.07, 6.45) is 4.21. The van der Waals surface area contributed by atoms with Crippen LogP contribution in [0, 0.1) is 5.41 Å². The molecule has 20 heavy (non-hydrogen) atoms. The SMILES string of the molecule is CC(C)NC1(C(=O)O)CCCC(OCCC(C)(C)C)C1. The molecule has 0 aromatic rings. The molecule has 1 aliphatic carbocycles. The Morgan fingerprint density at radius 3 is 2.60 bits per heavy atom. The number of carboxylic acids is 1. The second-order valence-corrected chi connectivity index (χ2v) is 7.59. The number of hydrogen-bond donors (Lipinski definition) is 2. The molecule has 1 fully saturated rings. The average molecular weight is 285 g/mol. The van der Waals surface area contributed by atoms with E-state index in [4.69, 9.17) is 4.74 Å². The molecular weight excluding hydrogens is 254 g/mol. The lowest BCUT2D eigenvalue weighted by atomic mass is 9.79. The number of aliphatic carboxylic acids is 1. The third kappa shape index (κ3) is 5.41. The highest BCUT2D eigenvalue weighted by Crippen LogP contribution is 2.31. The van der Waals surface area contributed by atoms with E-state index in [9.17, 15) is 9.90 Å². The van der Waals surface area contributed by atoms with Gasteiger partial charge in [-0.15, -0.1) is 0 Å². The highest BCUT2D eigenvalue weighted by molar-refractivity contribution is 5.79. The van der Waals surface area contributed by atoms with E-state index in [0.29, 0.717) is 19.4 Å². The normalized spacial score (nSPS) is 27.8. The third-order valence-corrected chi connectivity index (χ3v) is 3.89. The highest BCUT2D eigenvalue weighted by Gasteiger charge is 2.43. The zero-order chi connectivity index (χ0) is 15.4. The van der Waals surface area contributed by atoms with E-state index >= 15 is 0 Å². The van der Waals surface area contributed by atoms with E-state index in [1.165, 1.54) is 0 Å². The molecule has 1 aliphatic rings. The summed E-state index contributed by atoms with van der Waals surface area (Å²) in [4.78, 5) is 11.7. The zero-order valence-electron chi connectivity index (χ0n) is 13.7. The Bertz CT molecular complexity index is 322. The maximum atomic E-state index is 11.7. The first-order valence-electron chi connectivity index (χ1n) is 7.77. The van der Waals surface area contributed by atoms with Crippen LogP contribution in [0.5, 0.6) is 0 Å². The van der Waals surface area contributed by atoms with Gasteiger partial charge in [-0.05, 0) is 44.9 Å². The smallest absolute Gasteiger partial charge is 0.324 e. The van der Waals surface area contributed by atoms with Crippen LogP contribution in [0.25, 0.3) is 0 Å². The van der Waals surface area contributed by atoms with Crippen LogP contribution >= 0.6 is 0 Å². The van der Waals surface area contributed by atoms with Gasteiger partial charge in [0.1, 0.15) is 5.54 Å². The van der Waals surface area contributed by atoms with E-state index in [-0.39, 0.29) is 17.6 Å².